The Morgan fingerprint density at radius 1 is 1.34 bits per heavy atom. The number of rotatable bonds is 7. The Morgan fingerprint density at radius 2 is 2.11 bits per heavy atom. The summed E-state index contributed by atoms with van der Waals surface area (Å²) in [4.78, 5) is 14.8. The number of fused-ring (bicyclic) bond motifs is 3. The standard InChI is InChI=1S/C23H27ClN4O5S2/c1-4-26-10-11-34-21(26)7-6-15-8-9-27-19-13-17(24)16(23(30)33-5-2)12-18(19)28(22(15)27)14-20(29)25-35(3,31)32/h6-7,12-13H,4-5,8-11,14H2,1-3H3. The average Bonchev–Trinajstić information content (AvgIpc) is 3.47. The fourth-order valence-electron chi connectivity index (χ4n) is 4.41. The minimum absolute atomic E-state index is 0.181. The summed E-state index contributed by atoms with van der Waals surface area (Å²) in [7, 11) is -3.85. The van der Waals surface area contributed by atoms with Crippen molar-refractivity contribution in [3.63, 3.8) is 0 Å². The summed E-state index contributed by atoms with van der Waals surface area (Å²) in [5, 5.41) is 14.0. The number of thioether (sulfide) groups is 1. The number of sulfonamides is 1. The van der Waals surface area contributed by atoms with Crippen LogP contribution in [0.2, 0.25) is 5.02 Å². The third-order valence-electron chi connectivity index (χ3n) is 5.84. The van der Waals surface area contributed by atoms with E-state index in [9.17, 15) is 18.3 Å². The number of allylic oxidation sites excluding steroid dienone is 3. The van der Waals surface area contributed by atoms with Gasteiger partial charge in [0.15, 0.2) is 11.0 Å². The number of halogens is 1. The Labute approximate surface area is 213 Å². The van der Waals surface area contributed by atoms with Gasteiger partial charge in [-0.15, -0.1) is 11.8 Å². The molecule has 0 spiro atoms. The second-order valence-electron chi connectivity index (χ2n) is 8.20. The van der Waals surface area contributed by atoms with Crippen molar-refractivity contribution in [1.29, 1.82) is 0 Å². The van der Waals surface area contributed by atoms with Crippen molar-refractivity contribution in [1.82, 2.24) is 9.47 Å². The number of aryl methyl sites for hydroxylation is 1. The molecule has 0 atom stereocenters. The van der Waals surface area contributed by atoms with Crippen molar-refractivity contribution in [3.8, 4) is 0 Å². The molecule has 2 aliphatic rings. The Hall–Kier alpha value is -2.50. The highest BCUT2D eigenvalue weighted by molar-refractivity contribution is 8.03. The van der Waals surface area contributed by atoms with E-state index in [1.807, 2.05) is 4.57 Å². The predicted octanol–water partition coefficient (Wildman–Crippen LogP) is 2.17. The lowest BCUT2D eigenvalue weighted by molar-refractivity contribution is -0.664. The van der Waals surface area contributed by atoms with Gasteiger partial charge in [0, 0.05) is 48.9 Å². The minimum atomic E-state index is -3.85. The summed E-state index contributed by atoms with van der Waals surface area (Å²) < 4.78 is 35.4. The second-order valence-corrected chi connectivity index (χ2v) is 11.4. The maximum Gasteiger partial charge on any atom is 0.339 e. The molecule has 0 unspecified atom stereocenters. The van der Waals surface area contributed by atoms with Gasteiger partial charge in [0.25, 0.3) is 5.82 Å². The number of benzene rings is 1. The van der Waals surface area contributed by atoms with Crippen LogP contribution in [-0.4, -0.2) is 61.5 Å². The van der Waals surface area contributed by atoms with Crippen molar-refractivity contribution in [2.75, 3.05) is 31.7 Å². The maximum absolute atomic E-state index is 12.6. The number of ether oxygens (including phenoxy) is 1. The highest BCUT2D eigenvalue weighted by atomic mass is 35.5. The van der Waals surface area contributed by atoms with Crippen LogP contribution in [0.4, 0.5) is 0 Å². The molecule has 1 saturated heterocycles. The molecule has 0 amide bonds. The molecule has 9 nitrogen and oxygen atoms in total. The molecule has 188 valence electrons. The molecular weight excluding hydrogens is 512 g/mol. The lowest BCUT2D eigenvalue weighted by Crippen LogP contribution is -2.33. The first kappa shape index (κ1) is 25.6. The zero-order valence-electron chi connectivity index (χ0n) is 19.8. The number of hydrogen-bond donors (Lipinski definition) is 0. The first-order chi connectivity index (χ1) is 16.6. The van der Waals surface area contributed by atoms with Gasteiger partial charge >= 0.3 is 5.97 Å². The van der Waals surface area contributed by atoms with Crippen molar-refractivity contribution in [2.24, 2.45) is 4.40 Å². The first-order valence-electron chi connectivity index (χ1n) is 11.3. The summed E-state index contributed by atoms with van der Waals surface area (Å²) in [6, 6.07) is 3.28. The second kappa shape index (κ2) is 10.2. The van der Waals surface area contributed by atoms with Crippen LogP contribution in [0.5, 0.6) is 0 Å². The van der Waals surface area contributed by atoms with E-state index >= 15 is 0 Å². The van der Waals surface area contributed by atoms with E-state index in [2.05, 4.69) is 28.4 Å². The Kier molecular flexibility index (Phi) is 7.48. The smallest absolute Gasteiger partial charge is 0.339 e. The number of aromatic nitrogens is 2. The van der Waals surface area contributed by atoms with Crippen LogP contribution < -0.4 is 9.67 Å². The molecular formula is C23H27ClN4O5S2. The summed E-state index contributed by atoms with van der Waals surface area (Å²) in [5.41, 5.74) is 2.50. The molecule has 2 aliphatic heterocycles. The Balaban J connectivity index is 1.89. The van der Waals surface area contributed by atoms with E-state index in [0.717, 1.165) is 48.4 Å². The molecule has 0 aliphatic carbocycles. The van der Waals surface area contributed by atoms with E-state index in [1.165, 1.54) is 5.03 Å². The summed E-state index contributed by atoms with van der Waals surface area (Å²) in [6.45, 7) is 6.32. The molecule has 12 heteroatoms. The molecule has 2 aromatic rings. The quantitative estimate of drug-likeness (QED) is 0.230. The number of nitrogens with zero attached hydrogens (tertiary/aromatic N) is 4. The zero-order chi connectivity index (χ0) is 25.3. The Bertz CT molecular complexity index is 1380. The van der Waals surface area contributed by atoms with Crippen molar-refractivity contribution in [2.45, 2.75) is 33.4 Å². The zero-order valence-corrected chi connectivity index (χ0v) is 22.2. The van der Waals surface area contributed by atoms with Crippen LogP contribution in [0.3, 0.4) is 0 Å². The fourth-order valence-corrected chi connectivity index (χ4v) is 6.16. The number of hydrogen-bond acceptors (Lipinski definition) is 7. The third-order valence-corrected chi connectivity index (χ3v) is 7.76. The molecule has 35 heavy (non-hydrogen) atoms. The maximum atomic E-state index is 12.6. The van der Waals surface area contributed by atoms with Gasteiger partial charge in [-0.1, -0.05) is 11.6 Å². The van der Waals surface area contributed by atoms with Gasteiger partial charge in [0.1, 0.15) is 6.54 Å². The van der Waals surface area contributed by atoms with Gasteiger partial charge in [-0.3, -0.25) is 0 Å². The largest absolute Gasteiger partial charge is 0.858 e. The number of imidazole rings is 1. The van der Waals surface area contributed by atoms with Gasteiger partial charge in [-0.25, -0.2) is 22.3 Å². The fraction of sp³-hybridized carbons (Fsp3) is 0.435. The summed E-state index contributed by atoms with van der Waals surface area (Å²) in [5.74, 6) is 0.438. The van der Waals surface area contributed by atoms with E-state index in [4.69, 9.17) is 16.3 Å². The van der Waals surface area contributed by atoms with Crippen molar-refractivity contribution < 1.29 is 27.6 Å². The number of esters is 1. The molecule has 1 aromatic carbocycles. The lowest BCUT2D eigenvalue weighted by atomic mass is 10.1. The molecule has 1 aromatic heterocycles. The normalized spacial score (nSPS) is 18.7. The van der Waals surface area contributed by atoms with Gasteiger partial charge in [-0.2, -0.15) is 4.40 Å². The highest BCUT2D eigenvalue weighted by Gasteiger charge is 2.34. The van der Waals surface area contributed by atoms with Crippen molar-refractivity contribution in [3.05, 3.63) is 45.7 Å². The first-order valence-corrected chi connectivity index (χ1v) is 14.5. The Morgan fingerprint density at radius 3 is 2.80 bits per heavy atom. The van der Waals surface area contributed by atoms with Gasteiger partial charge in [0.05, 0.1) is 35.0 Å². The van der Waals surface area contributed by atoms with Crippen LogP contribution in [0.1, 0.15) is 36.5 Å². The average molecular weight is 539 g/mol. The molecule has 0 radical (unpaired) electrons. The number of carbonyl (C=O) groups excluding carboxylic acids is 1. The third kappa shape index (κ3) is 5.36. The molecule has 1 fully saturated rings. The molecule has 0 bridgehead atoms. The molecule has 4 rings (SSSR count). The van der Waals surface area contributed by atoms with Crippen LogP contribution >= 0.6 is 23.4 Å². The molecule has 3 heterocycles. The summed E-state index contributed by atoms with van der Waals surface area (Å²) in [6.07, 6.45) is 5.76. The van der Waals surface area contributed by atoms with Crippen LogP contribution in [0, 0.1) is 0 Å². The SMILES string of the molecule is CCOC(=O)c1cc2c(cc1Cl)[n+]1c(n2CC([O-])=NS(C)(=O)=O)C(=CC=C2SCCN2CC)CC1. The van der Waals surface area contributed by atoms with E-state index in [1.54, 1.807) is 35.4 Å². The molecule has 0 saturated carbocycles. The lowest BCUT2D eigenvalue weighted by Gasteiger charge is -2.15. The summed E-state index contributed by atoms with van der Waals surface area (Å²) >= 11 is 8.23. The molecule has 0 N–H and O–H groups in total. The van der Waals surface area contributed by atoms with Crippen molar-refractivity contribution >= 4 is 61.9 Å². The van der Waals surface area contributed by atoms with Gasteiger partial charge < -0.3 is 14.7 Å². The monoisotopic (exact) mass is 538 g/mol. The van der Waals surface area contributed by atoms with Crippen LogP contribution in [-0.2, 0) is 27.8 Å². The van der Waals surface area contributed by atoms with E-state index in [0.29, 0.717) is 12.1 Å². The van der Waals surface area contributed by atoms with Crippen LogP contribution in [0.25, 0.3) is 16.6 Å². The topological polar surface area (TPSA) is 108 Å². The van der Waals surface area contributed by atoms with E-state index < -0.39 is 21.9 Å². The van der Waals surface area contributed by atoms with Gasteiger partial charge in [-0.05, 0) is 26.0 Å². The minimum Gasteiger partial charge on any atom is -0.858 e. The predicted molar refractivity (Wildman–Crippen MR) is 136 cm³/mol. The van der Waals surface area contributed by atoms with Gasteiger partial charge in [0.2, 0.25) is 10.0 Å². The highest BCUT2D eigenvalue weighted by Crippen LogP contribution is 2.33. The number of carbonyl (C=O) groups is 1. The van der Waals surface area contributed by atoms with Crippen LogP contribution in [0.15, 0.2) is 33.7 Å². The van der Waals surface area contributed by atoms with E-state index in [-0.39, 0.29) is 23.7 Å².